The first kappa shape index (κ1) is 15.2. The second kappa shape index (κ2) is 5.69. The van der Waals surface area contributed by atoms with Crippen LogP contribution in [-0.2, 0) is 6.18 Å². The summed E-state index contributed by atoms with van der Waals surface area (Å²) in [6.07, 6.45) is -3.61. The summed E-state index contributed by atoms with van der Waals surface area (Å²) in [5, 5.41) is 4.55. The lowest BCUT2D eigenvalue weighted by atomic mass is 10.2. The predicted octanol–water partition coefficient (Wildman–Crippen LogP) is 5.28. The molecule has 0 aliphatic rings. The Bertz CT molecular complexity index is 664. The molecule has 1 N–H and O–H groups in total. The number of anilines is 1. The minimum atomic E-state index is -4.40. The molecule has 0 unspecified atom stereocenters. The third kappa shape index (κ3) is 3.29. The summed E-state index contributed by atoms with van der Waals surface area (Å²) in [6.45, 7) is 3.82. The van der Waals surface area contributed by atoms with E-state index >= 15 is 0 Å². The number of halogens is 4. The second-order valence-corrected chi connectivity index (χ2v) is 6.01. The van der Waals surface area contributed by atoms with Crippen molar-refractivity contribution in [2.75, 3.05) is 5.43 Å². The van der Waals surface area contributed by atoms with Gasteiger partial charge in [-0.15, -0.1) is 0 Å². The average molecular weight is 366 g/mol. The zero-order chi connectivity index (χ0) is 14.9. The Hall–Kier alpha value is -1.15. The maximum absolute atomic E-state index is 12.8. The fraction of sp³-hybridized carbons (Fsp3) is 0.333. The van der Waals surface area contributed by atoms with Gasteiger partial charge in [0.2, 0.25) is 5.13 Å². The van der Waals surface area contributed by atoms with E-state index in [1.54, 1.807) is 0 Å². The summed E-state index contributed by atoms with van der Waals surface area (Å²) in [7, 11) is 0. The predicted molar refractivity (Wildman–Crippen MR) is 79.3 cm³/mol. The minimum absolute atomic E-state index is 0.0148. The quantitative estimate of drug-likeness (QED) is 0.593. The van der Waals surface area contributed by atoms with Gasteiger partial charge < -0.3 is 0 Å². The van der Waals surface area contributed by atoms with Crippen molar-refractivity contribution in [2.45, 2.75) is 26.4 Å². The van der Waals surface area contributed by atoms with Gasteiger partial charge in [0.25, 0.3) is 0 Å². The third-order valence-corrected chi connectivity index (χ3v) is 4.22. The number of aromatic nitrogens is 1. The van der Waals surface area contributed by atoms with E-state index in [2.05, 4.69) is 31.4 Å². The number of nitrogens with zero attached hydrogens (tertiary/aromatic N) is 2. The number of benzene rings is 1. The molecule has 20 heavy (non-hydrogen) atoms. The van der Waals surface area contributed by atoms with Gasteiger partial charge in [-0.1, -0.05) is 34.2 Å². The van der Waals surface area contributed by atoms with Crippen molar-refractivity contribution in [3.63, 3.8) is 0 Å². The molecule has 1 heterocycles. The number of hydrazone groups is 1. The number of nitrogens with one attached hydrogen (secondary N) is 1. The van der Waals surface area contributed by atoms with Crippen molar-refractivity contribution < 1.29 is 13.2 Å². The fourth-order valence-electron chi connectivity index (χ4n) is 1.44. The summed E-state index contributed by atoms with van der Waals surface area (Å²) in [5.41, 5.74) is 3.23. The monoisotopic (exact) mass is 365 g/mol. The second-order valence-electron chi connectivity index (χ2n) is 4.13. The molecule has 0 aliphatic carbocycles. The molecule has 108 valence electrons. The summed E-state index contributed by atoms with van der Waals surface area (Å²) < 4.78 is 39.1. The first-order chi connectivity index (χ1) is 9.31. The molecule has 0 aliphatic heterocycles. The molecule has 0 amide bonds. The van der Waals surface area contributed by atoms with Crippen molar-refractivity contribution in [3.05, 3.63) is 22.2 Å². The first-order valence-corrected chi connectivity index (χ1v) is 7.38. The van der Waals surface area contributed by atoms with Crippen molar-refractivity contribution in [2.24, 2.45) is 5.10 Å². The van der Waals surface area contributed by atoms with E-state index in [0.29, 0.717) is 15.3 Å². The zero-order valence-corrected chi connectivity index (χ0v) is 13.1. The molecular formula is C12H11BrF3N3S. The van der Waals surface area contributed by atoms with Gasteiger partial charge in [-0.3, -0.25) is 5.43 Å². The van der Waals surface area contributed by atoms with Crippen LogP contribution in [0.5, 0.6) is 0 Å². The largest absolute Gasteiger partial charge is 0.417 e. The summed E-state index contributed by atoms with van der Waals surface area (Å²) in [6, 6.07) is 2.47. The van der Waals surface area contributed by atoms with E-state index in [1.807, 2.05) is 13.8 Å². The first-order valence-electron chi connectivity index (χ1n) is 5.77. The van der Waals surface area contributed by atoms with Gasteiger partial charge in [0.05, 0.1) is 15.8 Å². The summed E-state index contributed by atoms with van der Waals surface area (Å²) in [4.78, 5) is 4.11. The van der Waals surface area contributed by atoms with Crippen molar-refractivity contribution in [1.82, 2.24) is 4.98 Å². The van der Waals surface area contributed by atoms with Gasteiger partial charge >= 0.3 is 6.18 Å². The number of thiazole rings is 1. The Labute approximate surface area is 126 Å². The van der Waals surface area contributed by atoms with Crippen LogP contribution in [-0.4, -0.2) is 10.7 Å². The SMILES string of the molecule is CC/C(C)=N/Nc1nc2cc(C(F)(F)F)c(Br)cc2s1. The van der Waals surface area contributed by atoms with E-state index in [9.17, 15) is 13.2 Å². The lowest BCUT2D eigenvalue weighted by Gasteiger charge is -2.08. The number of hydrogen-bond acceptors (Lipinski definition) is 4. The van der Waals surface area contributed by atoms with Crippen molar-refractivity contribution in [3.8, 4) is 0 Å². The molecular weight excluding hydrogens is 355 g/mol. The Morgan fingerprint density at radius 1 is 1.45 bits per heavy atom. The number of fused-ring (bicyclic) bond motifs is 1. The molecule has 0 saturated heterocycles. The fourth-order valence-corrected chi connectivity index (χ4v) is 2.99. The van der Waals surface area contributed by atoms with Crippen molar-refractivity contribution in [1.29, 1.82) is 0 Å². The summed E-state index contributed by atoms with van der Waals surface area (Å²) in [5.74, 6) is 0. The number of hydrogen-bond donors (Lipinski definition) is 1. The highest BCUT2D eigenvalue weighted by molar-refractivity contribution is 9.10. The van der Waals surface area contributed by atoms with E-state index in [-0.39, 0.29) is 4.47 Å². The Morgan fingerprint density at radius 3 is 2.75 bits per heavy atom. The topological polar surface area (TPSA) is 37.3 Å². The minimum Gasteiger partial charge on any atom is -0.253 e. The standard InChI is InChI=1S/C12H11BrF3N3S/c1-3-6(2)18-19-11-17-9-4-7(12(14,15)16)8(13)5-10(9)20-11/h4-5H,3H2,1-2H3,(H,17,19)/b18-6+. The smallest absolute Gasteiger partial charge is 0.253 e. The molecule has 1 aromatic heterocycles. The molecule has 0 spiro atoms. The molecule has 0 saturated carbocycles. The molecule has 0 bridgehead atoms. The zero-order valence-electron chi connectivity index (χ0n) is 10.7. The van der Waals surface area contributed by atoms with Gasteiger partial charge in [-0.2, -0.15) is 18.3 Å². The molecule has 3 nitrogen and oxygen atoms in total. The van der Waals surface area contributed by atoms with Gasteiger partial charge in [0, 0.05) is 10.2 Å². The van der Waals surface area contributed by atoms with Crippen molar-refractivity contribution >= 4 is 48.3 Å². The van der Waals surface area contributed by atoms with E-state index < -0.39 is 11.7 Å². The average Bonchev–Trinajstić information content (AvgIpc) is 2.75. The molecule has 0 radical (unpaired) electrons. The Kier molecular flexibility index (Phi) is 4.33. The molecule has 1 aromatic carbocycles. The van der Waals surface area contributed by atoms with Crippen LogP contribution in [0.25, 0.3) is 10.2 Å². The maximum Gasteiger partial charge on any atom is 0.417 e. The van der Waals surface area contributed by atoms with Crippen LogP contribution in [0.1, 0.15) is 25.8 Å². The number of alkyl halides is 3. The molecule has 0 atom stereocenters. The third-order valence-electron chi connectivity index (χ3n) is 2.64. The van der Waals surface area contributed by atoms with Gasteiger partial charge in [0.1, 0.15) is 0 Å². The highest BCUT2D eigenvalue weighted by atomic mass is 79.9. The highest BCUT2D eigenvalue weighted by Gasteiger charge is 2.33. The van der Waals surface area contributed by atoms with Crippen LogP contribution in [0.3, 0.4) is 0 Å². The van der Waals surface area contributed by atoms with Crippen LogP contribution >= 0.6 is 27.3 Å². The van der Waals surface area contributed by atoms with Gasteiger partial charge in [-0.05, 0) is 25.5 Å². The van der Waals surface area contributed by atoms with E-state index in [1.165, 1.54) is 17.4 Å². The normalized spacial score (nSPS) is 13.0. The van der Waals surface area contributed by atoms with Gasteiger partial charge in [0.15, 0.2) is 0 Å². The molecule has 0 fully saturated rings. The highest BCUT2D eigenvalue weighted by Crippen LogP contribution is 2.39. The summed E-state index contributed by atoms with van der Waals surface area (Å²) >= 11 is 4.20. The van der Waals surface area contributed by atoms with Crippen LogP contribution in [0.15, 0.2) is 21.7 Å². The molecule has 2 aromatic rings. The Balaban J connectivity index is 2.40. The molecule has 2 rings (SSSR count). The molecule has 8 heteroatoms. The lowest BCUT2D eigenvalue weighted by Crippen LogP contribution is -2.05. The van der Waals surface area contributed by atoms with Crippen LogP contribution in [0.4, 0.5) is 18.3 Å². The van der Waals surface area contributed by atoms with Crippen LogP contribution < -0.4 is 5.43 Å². The van der Waals surface area contributed by atoms with E-state index in [0.717, 1.165) is 18.2 Å². The lowest BCUT2D eigenvalue weighted by molar-refractivity contribution is -0.138. The van der Waals surface area contributed by atoms with Crippen LogP contribution in [0.2, 0.25) is 0 Å². The number of rotatable bonds is 3. The van der Waals surface area contributed by atoms with E-state index in [4.69, 9.17) is 0 Å². The van der Waals surface area contributed by atoms with Gasteiger partial charge in [-0.25, -0.2) is 4.98 Å². The van der Waals surface area contributed by atoms with Crippen LogP contribution in [0, 0.1) is 0 Å². The maximum atomic E-state index is 12.8. The Morgan fingerprint density at radius 2 is 2.15 bits per heavy atom.